The van der Waals surface area contributed by atoms with Crippen LogP contribution < -0.4 is 9.64 Å². The number of halogens is 2. The molecule has 1 aliphatic heterocycles. The third-order valence-electron chi connectivity index (χ3n) is 6.29. The minimum Gasteiger partial charge on any atom is -0.491 e. The Morgan fingerprint density at radius 2 is 1.81 bits per heavy atom. The Hall–Kier alpha value is -3.15. The van der Waals surface area contributed by atoms with Crippen LogP contribution in [0.15, 0.2) is 66.7 Å². The molecule has 6 nitrogen and oxygen atoms in total. The van der Waals surface area contributed by atoms with Crippen molar-refractivity contribution in [1.29, 1.82) is 5.26 Å². The molecule has 0 aromatic heterocycles. The Labute approximate surface area is 215 Å². The van der Waals surface area contributed by atoms with Crippen molar-refractivity contribution in [2.24, 2.45) is 0 Å². The van der Waals surface area contributed by atoms with Crippen LogP contribution in [0.5, 0.6) is 5.75 Å². The molecule has 1 unspecified atom stereocenters. The van der Waals surface area contributed by atoms with Gasteiger partial charge in [-0.05, 0) is 54.4 Å². The average Bonchev–Trinajstić information content (AvgIpc) is 2.88. The van der Waals surface area contributed by atoms with Gasteiger partial charge in [-0.25, -0.2) is 4.39 Å². The Morgan fingerprint density at radius 3 is 2.44 bits per heavy atom. The van der Waals surface area contributed by atoms with Crippen molar-refractivity contribution in [2.75, 3.05) is 37.7 Å². The molecular formula is C28H29ClFN3O3. The lowest BCUT2D eigenvalue weighted by Crippen LogP contribution is -2.49. The van der Waals surface area contributed by atoms with Crippen LogP contribution in [-0.4, -0.2) is 54.0 Å². The SMILES string of the molecule is CC(O)COc1ccc(N2CCN(C[C@@H](O)c3ccc(C#N)cc3)C[C@H]2c2ccc(F)cc2)c(Cl)c1. The van der Waals surface area contributed by atoms with E-state index in [9.17, 15) is 14.6 Å². The van der Waals surface area contributed by atoms with Crippen LogP contribution in [0.4, 0.5) is 10.1 Å². The lowest BCUT2D eigenvalue weighted by atomic mass is 10.00. The Balaban J connectivity index is 1.54. The quantitative estimate of drug-likeness (QED) is 0.458. The van der Waals surface area contributed by atoms with Crippen molar-refractivity contribution in [2.45, 2.75) is 25.2 Å². The average molecular weight is 510 g/mol. The van der Waals surface area contributed by atoms with E-state index in [2.05, 4.69) is 15.9 Å². The highest BCUT2D eigenvalue weighted by atomic mass is 35.5. The standard InChI is InChI=1S/C28H29ClFN3O3/c1-19(34)18-36-24-10-11-26(25(29)14-24)33-13-12-32(16-27(33)21-6-8-23(30)9-7-21)17-28(35)22-4-2-20(15-31)3-5-22/h2-11,14,19,27-28,34-35H,12-13,16-18H2,1H3/t19?,27-,28+/m0/s1. The molecule has 8 heteroatoms. The number of nitrogens with zero attached hydrogens (tertiary/aromatic N) is 3. The van der Waals surface area contributed by atoms with Gasteiger partial charge in [0.2, 0.25) is 0 Å². The maximum atomic E-state index is 13.7. The summed E-state index contributed by atoms with van der Waals surface area (Å²) in [5.41, 5.74) is 3.09. The van der Waals surface area contributed by atoms with Gasteiger partial charge in [-0.2, -0.15) is 5.26 Å². The first-order valence-corrected chi connectivity index (χ1v) is 12.2. The molecule has 0 bridgehead atoms. The number of anilines is 1. The third kappa shape index (κ3) is 6.34. The van der Waals surface area contributed by atoms with E-state index in [1.54, 1.807) is 49.4 Å². The molecule has 1 fully saturated rings. The van der Waals surface area contributed by atoms with Gasteiger partial charge >= 0.3 is 0 Å². The van der Waals surface area contributed by atoms with E-state index in [1.165, 1.54) is 12.1 Å². The molecule has 1 saturated heterocycles. The van der Waals surface area contributed by atoms with Gasteiger partial charge in [0.15, 0.2) is 0 Å². The summed E-state index contributed by atoms with van der Waals surface area (Å²) in [5, 5.41) is 29.8. The zero-order valence-electron chi connectivity index (χ0n) is 20.0. The van der Waals surface area contributed by atoms with E-state index in [-0.39, 0.29) is 18.5 Å². The van der Waals surface area contributed by atoms with E-state index in [4.69, 9.17) is 21.6 Å². The van der Waals surface area contributed by atoms with Crippen LogP contribution in [0, 0.1) is 17.1 Å². The van der Waals surface area contributed by atoms with E-state index in [1.807, 2.05) is 12.1 Å². The molecule has 188 valence electrons. The number of aliphatic hydroxyl groups excluding tert-OH is 2. The first-order chi connectivity index (χ1) is 17.3. The molecule has 0 amide bonds. The minimum absolute atomic E-state index is 0.116. The van der Waals surface area contributed by atoms with Gasteiger partial charge in [-0.1, -0.05) is 35.9 Å². The fourth-order valence-electron chi connectivity index (χ4n) is 4.42. The van der Waals surface area contributed by atoms with E-state index in [0.717, 1.165) is 16.8 Å². The first-order valence-electron chi connectivity index (χ1n) is 11.9. The summed E-state index contributed by atoms with van der Waals surface area (Å²) in [5.74, 6) is 0.277. The van der Waals surface area contributed by atoms with Crippen molar-refractivity contribution in [1.82, 2.24) is 4.90 Å². The number of hydrogen-bond donors (Lipinski definition) is 2. The third-order valence-corrected chi connectivity index (χ3v) is 6.60. The number of piperazine rings is 1. The largest absolute Gasteiger partial charge is 0.491 e. The molecule has 4 rings (SSSR count). The zero-order chi connectivity index (χ0) is 25.7. The van der Waals surface area contributed by atoms with Gasteiger partial charge in [0, 0.05) is 32.2 Å². The molecule has 3 aromatic carbocycles. The van der Waals surface area contributed by atoms with Crippen LogP contribution in [-0.2, 0) is 0 Å². The maximum Gasteiger partial charge on any atom is 0.123 e. The Bertz CT molecular complexity index is 1200. The van der Waals surface area contributed by atoms with Gasteiger partial charge in [0.05, 0.1) is 40.6 Å². The second-order valence-electron chi connectivity index (χ2n) is 9.04. The van der Waals surface area contributed by atoms with Crippen molar-refractivity contribution < 1.29 is 19.3 Å². The smallest absolute Gasteiger partial charge is 0.123 e. The molecule has 1 aliphatic rings. The van der Waals surface area contributed by atoms with Crippen LogP contribution >= 0.6 is 11.6 Å². The predicted molar refractivity (Wildman–Crippen MR) is 138 cm³/mol. The van der Waals surface area contributed by atoms with Gasteiger partial charge in [0.1, 0.15) is 18.2 Å². The van der Waals surface area contributed by atoms with Gasteiger partial charge in [-0.15, -0.1) is 0 Å². The Kier molecular flexibility index (Phi) is 8.44. The summed E-state index contributed by atoms with van der Waals surface area (Å²) >= 11 is 6.66. The highest BCUT2D eigenvalue weighted by Crippen LogP contribution is 2.37. The van der Waals surface area contributed by atoms with Gasteiger partial charge in [0.25, 0.3) is 0 Å². The number of nitriles is 1. The van der Waals surface area contributed by atoms with Crippen LogP contribution in [0.3, 0.4) is 0 Å². The van der Waals surface area contributed by atoms with Crippen LogP contribution in [0.2, 0.25) is 5.02 Å². The molecule has 3 atom stereocenters. The minimum atomic E-state index is -0.702. The van der Waals surface area contributed by atoms with E-state index < -0.39 is 12.2 Å². The second kappa shape index (κ2) is 11.7. The van der Waals surface area contributed by atoms with Crippen molar-refractivity contribution >= 4 is 17.3 Å². The molecule has 0 aliphatic carbocycles. The first kappa shape index (κ1) is 25.9. The zero-order valence-corrected chi connectivity index (χ0v) is 20.8. The number of ether oxygens (including phenoxy) is 1. The molecule has 0 radical (unpaired) electrons. The Morgan fingerprint density at radius 1 is 1.08 bits per heavy atom. The molecule has 3 aromatic rings. The van der Waals surface area contributed by atoms with Crippen LogP contribution in [0.1, 0.15) is 35.8 Å². The number of hydrogen-bond acceptors (Lipinski definition) is 6. The summed E-state index contributed by atoms with van der Waals surface area (Å²) in [6.07, 6.45) is -1.29. The highest BCUT2D eigenvalue weighted by Gasteiger charge is 2.31. The number of β-amino-alcohol motifs (C(OH)–C–C–N with tert-alkyl or cyclic N) is 1. The molecule has 2 N–H and O–H groups in total. The van der Waals surface area contributed by atoms with Gasteiger partial charge in [-0.3, -0.25) is 4.90 Å². The normalized spacial score (nSPS) is 17.9. The summed E-state index contributed by atoms with van der Waals surface area (Å²) in [6.45, 7) is 4.21. The number of aliphatic hydroxyl groups is 2. The van der Waals surface area contributed by atoms with Gasteiger partial charge < -0.3 is 19.8 Å². The summed E-state index contributed by atoms with van der Waals surface area (Å²) in [4.78, 5) is 4.38. The molecular weight excluding hydrogens is 481 g/mol. The molecule has 1 heterocycles. The fourth-order valence-corrected chi connectivity index (χ4v) is 4.70. The van der Waals surface area contributed by atoms with Crippen LogP contribution in [0.25, 0.3) is 0 Å². The van der Waals surface area contributed by atoms with Crippen molar-refractivity contribution in [3.8, 4) is 11.8 Å². The monoisotopic (exact) mass is 509 g/mol. The lowest BCUT2D eigenvalue weighted by Gasteiger charge is -2.44. The summed E-state index contributed by atoms with van der Waals surface area (Å²) in [6, 6.07) is 20.9. The summed E-state index contributed by atoms with van der Waals surface area (Å²) < 4.78 is 19.3. The highest BCUT2D eigenvalue weighted by molar-refractivity contribution is 6.33. The van der Waals surface area contributed by atoms with Crippen molar-refractivity contribution in [3.05, 3.63) is 94.3 Å². The predicted octanol–water partition coefficient (Wildman–Crippen LogP) is 4.71. The lowest BCUT2D eigenvalue weighted by molar-refractivity contribution is 0.100. The molecule has 0 saturated carbocycles. The maximum absolute atomic E-state index is 13.7. The fraction of sp³-hybridized carbons (Fsp3) is 0.321. The number of rotatable bonds is 8. The molecule has 0 spiro atoms. The van der Waals surface area contributed by atoms with Crippen molar-refractivity contribution in [3.63, 3.8) is 0 Å². The molecule has 36 heavy (non-hydrogen) atoms. The van der Waals surface area contributed by atoms with E-state index >= 15 is 0 Å². The second-order valence-corrected chi connectivity index (χ2v) is 9.45. The summed E-state index contributed by atoms with van der Waals surface area (Å²) in [7, 11) is 0. The van der Waals surface area contributed by atoms with E-state index in [0.29, 0.717) is 42.5 Å². The topological polar surface area (TPSA) is 80.0 Å². The number of benzene rings is 3.